The van der Waals surface area contributed by atoms with Crippen LogP contribution in [0, 0.1) is 6.92 Å². The fourth-order valence-corrected chi connectivity index (χ4v) is 3.97. The zero-order valence-electron chi connectivity index (χ0n) is 16.5. The Kier molecular flexibility index (Phi) is 5.75. The van der Waals surface area contributed by atoms with E-state index in [0.717, 1.165) is 16.0 Å². The van der Waals surface area contributed by atoms with Crippen molar-refractivity contribution in [2.45, 2.75) is 19.2 Å². The van der Waals surface area contributed by atoms with Crippen molar-refractivity contribution in [1.82, 2.24) is 5.32 Å². The quantitative estimate of drug-likeness (QED) is 0.475. The van der Waals surface area contributed by atoms with Crippen molar-refractivity contribution < 1.29 is 14.7 Å². The predicted molar refractivity (Wildman–Crippen MR) is 124 cm³/mol. The van der Waals surface area contributed by atoms with E-state index < -0.39 is 17.7 Å². The zero-order valence-corrected chi connectivity index (χ0v) is 18.9. The standard InChI is InChI=1S/C23H19BrClN3O3/c1-14-2-4-15(5-3-14)13-26-21(29)23(31)19-12-16(24)6-11-20(19)27-22(30)28(23)18-9-7-17(25)8-10-18/h2-12,31H,13H2,1H3,(H,26,29)(H,27,30). The molecule has 1 aliphatic heterocycles. The minimum Gasteiger partial charge on any atom is -0.359 e. The number of amides is 3. The van der Waals surface area contributed by atoms with Crippen molar-refractivity contribution in [3.8, 4) is 0 Å². The molecule has 3 amide bonds. The molecule has 0 fully saturated rings. The third-order valence-corrected chi connectivity index (χ3v) is 5.85. The Morgan fingerprint density at radius 3 is 2.48 bits per heavy atom. The SMILES string of the molecule is Cc1ccc(CNC(=O)C2(O)c3cc(Br)ccc3NC(=O)N2c2ccc(Cl)cc2)cc1. The van der Waals surface area contributed by atoms with Crippen LogP contribution in [-0.4, -0.2) is 17.0 Å². The number of rotatable bonds is 4. The molecule has 1 aliphatic rings. The van der Waals surface area contributed by atoms with E-state index in [1.165, 1.54) is 0 Å². The summed E-state index contributed by atoms with van der Waals surface area (Å²) in [6, 6.07) is 18.3. The number of hydrogen-bond acceptors (Lipinski definition) is 3. The minimum absolute atomic E-state index is 0.195. The minimum atomic E-state index is -2.28. The Balaban J connectivity index is 1.77. The van der Waals surface area contributed by atoms with E-state index in [2.05, 4.69) is 26.6 Å². The van der Waals surface area contributed by atoms with E-state index in [9.17, 15) is 14.7 Å². The van der Waals surface area contributed by atoms with Gasteiger partial charge >= 0.3 is 6.03 Å². The van der Waals surface area contributed by atoms with Crippen LogP contribution in [0.15, 0.2) is 71.2 Å². The maximum atomic E-state index is 13.4. The summed E-state index contributed by atoms with van der Waals surface area (Å²) >= 11 is 9.37. The van der Waals surface area contributed by atoms with Crippen LogP contribution in [0.3, 0.4) is 0 Å². The molecule has 0 bridgehead atoms. The third-order valence-electron chi connectivity index (χ3n) is 5.10. The number of fused-ring (bicyclic) bond motifs is 1. The Bertz CT molecular complexity index is 1150. The van der Waals surface area contributed by atoms with E-state index in [4.69, 9.17) is 11.6 Å². The maximum Gasteiger partial charge on any atom is 0.329 e. The summed E-state index contributed by atoms with van der Waals surface area (Å²) in [7, 11) is 0. The van der Waals surface area contributed by atoms with Gasteiger partial charge < -0.3 is 15.7 Å². The lowest BCUT2D eigenvalue weighted by molar-refractivity contribution is -0.140. The second kappa shape index (κ2) is 8.34. The monoisotopic (exact) mass is 499 g/mol. The fourth-order valence-electron chi connectivity index (χ4n) is 3.48. The van der Waals surface area contributed by atoms with Gasteiger partial charge in [-0.1, -0.05) is 57.4 Å². The lowest BCUT2D eigenvalue weighted by Crippen LogP contribution is -2.62. The number of nitrogens with zero attached hydrogens (tertiary/aromatic N) is 1. The topological polar surface area (TPSA) is 81.7 Å². The van der Waals surface area contributed by atoms with Crippen LogP contribution in [-0.2, 0) is 17.1 Å². The molecule has 3 N–H and O–H groups in total. The molecule has 4 rings (SSSR count). The highest BCUT2D eigenvalue weighted by Crippen LogP contribution is 2.41. The van der Waals surface area contributed by atoms with Crippen LogP contribution < -0.4 is 15.5 Å². The van der Waals surface area contributed by atoms with Crippen LogP contribution in [0.1, 0.15) is 16.7 Å². The lowest BCUT2D eigenvalue weighted by Gasteiger charge is -2.42. The van der Waals surface area contributed by atoms with Crippen LogP contribution in [0.25, 0.3) is 0 Å². The summed E-state index contributed by atoms with van der Waals surface area (Å²) in [6.45, 7) is 2.17. The number of halogens is 2. The van der Waals surface area contributed by atoms with Crippen LogP contribution >= 0.6 is 27.5 Å². The molecule has 0 radical (unpaired) electrons. The summed E-state index contributed by atoms with van der Waals surface area (Å²) in [6.07, 6.45) is 0. The van der Waals surface area contributed by atoms with Gasteiger partial charge in [0.25, 0.3) is 11.6 Å². The van der Waals surface area contributed by atoms with Gasteiger partial charge in [0.1, 0.15) is 0 Å². The third kappa shape index (κ3) is 4.04. The van der Waals surface area contributed by atoms with E-state index in [1.54, 1.807) is 42.5 Å². The first kappa shape index (κ1) is 21.4. The van der Waals surface area contributed by atoms with Gasteiger partial charge in [-0.25, -0.2) is 4.79 Å². The van der Waals surface area contributed by atoms with Crippen molar-refractivity contribution in [1.29, 1.82) is 0 Å². The molecular weight excluding hydrogens is 482 g/mol. The fraction of sp³-hybridized carbons (Fsp3) is 0.130. The molecule has 1 atom stereocenters. The molecule has 0 saturated heterocycles. The van der Waals surface area contributed by atoms with Gasteiger partial charge in [0.2, 0.25) is 0 Å². The van der Waals surface area contributed by atoms with Crippen LogP contribution in [0.5, 0.6) is 0 Å². The molecule has 1 unspecified atom stereocenters. The van der Waals surface area contributed by atoms with Crippen molar-refractivity contribution >= 4 is 50.8 Å². The summed E-state index contributed by atoms with van der Waals surface area (Å²) < 4.78 is 0.656. The first-order valence-electron chi connectivity index (χ1n) is 9.52. The van der Waals surface area contributed by atoms with Gasteiger partial charge in [0, 0.05) is 27.3 Å². The number of aliphatic hydroxyl groups is 1. The summed E-state index contributed by atoms with van der Waals surface area (Å²) in [5, 5.41) is 17.8. The van der Waals surface area contributed by atoms with Gasteiger partial charge in [-0.3, -0.25) is 9.69 Å². The number of benzene rings is 3. The second-order valence-corrected chi connectivity index (χ2v) is 8.62. The average Bonchev–Trinajstić information content (AvgIpc) is 2.75. The second-order valence-electron chi connectivity index (χ2n) is 7.27. The molecular formula is C23H19BrClN3O3. The Morgan fingerprint density at radius 2 is 1.81 bits per heavy atom. The summed E-state index contributed by atoms with van der Waals surface area (Å²) in [5.74, 6) is -0.725. The molecule has 158 valence electrons. The number of nitrogens with one attached hydrogen (secondary N) is 2. The normalized spacial score (nSPS) is 17.7. The number of carbonyl (C=O) groups excluding carboxylic acids is 2. The molecule has 3 aromatic rings. The van der Waals surface area contributed by atoms with E-state index >= 15 is 0 Å². The van der Waals surface area contributed by atoms with Gasteiger partial charge in [-0.15, -0.1) is 0 Å². The largest absolute Gasteiger partial charge is 0.359 e. The number of hydrogen-bond donors (Lipinski definition) is 3. The van der Waals surface area contributed by atoms with E-state index in [-0.39, 0.29) is 12.1 Å². The number of aryl methyl sites for hydroxylation is 1. The molecule has 3 aromatic carbocycles. The lowest BCUT2D eigenvalue weighted by atomic mass is 9.94. The number of carbonyl (C=O) groups is 2. The Hall–Kier alpha value is -2.87. The highest BCUT2D eigenvalue weighted by atomic mass is 79.9. The average molecular weight is 501 g/mol. The Labute approximate surface area is 193 Å². The first-order valence-corrected chi connectivity index (χ1v) is 10.7. The predicted octanol–water partition coefficient (Wildman–Crippen LogP) is 4.92. The van der Waals surface area contributed by atoms with Gasteiger partial charge in [-0.2, -0.15) is 0 Å². The number of anilines is 2. The maximum absolute atomic E-state index is 13.4. The van der Waals surface area contributed by atoms with Crippen molar-refractivity contribution in [2.24, 2.45) is 0 Å². The van der Waals surface area contributed by atoms with Crippen molar-refractivity contribution in [3.63, 3.8) is 0 Å². The first-order chi connectivity index (χ1) is 14.8. The molecule has 0 saturated carbocycles. The Morgan fingerprint density at radius 1 is 1.13 bits per heavy atom. The number of urea groups is 1. The molecule has 1 heterocycles. The molecule has 0 spiro atoms. The van der Waals surface area contributed by atoms with Crippen molar-refractivity contribution in [3.05, 3.63) is 92.9 Å². The molecule has 8 heteroatoms. The molecule has 0 aromatic heterocycles. The van der Waals surface area contributed by atoms with Crippen LogP contribution in [0.4, 0.5) is 16.2 Å². The molecule has 31 heavy (non-hydrogen) atoms. The zero-order chi connectivity index (χ0) is 22.2. The summed E-state index contributed by atoms with van der Waals surface area (Å²) in [4.78, 5) is 27.4. The highest BCUT2D eigenvalue weighted by molar-refractivity contribution is 9.10. The van der Waals surface area contributed by atoms with Gasteiger partial charge in [-0.05, 0) is 55.0 Å². The molecule has 6 nitrogen and oxygen atoms in total. The van der Waals surface area contributed by atoms with E-state index in [1.807, 2.05) is 31.2 Å². The van der Waals surface area contributed by atoms with Gasteiger partial charge in [0.15, 0.2) is 0 Å². The smallest absolute Gasteiger partial charge is 0.329 e. The van der Waals surface area contributed by atoms with Gasteiger partial charge in [0.05, 0.1) is 5.69 Å². The summed E-state index contributed by atoms with van der Waals surface area (Å²) in [5.41, 5.74) is 0.616. The van der Waals surface area contributed by atoms with Crippen molar-refractivity contribution in [2.75, 3.05) is 10.2 Å². The van der Waals surface area contributed by atoms with Crippen LogP contribution in [0.2, 0.25) is 5.02 Å². The highest BCUT2D eigenvalue weighted by Gasteiger charge is 2.52. The van der Waals surface area contributed by atoms with E-state index in [0.29, 0.717) is 20.9 Å². The molecule has 0 aliphatic carbocycles.